The Hall–Kier alpha value is -4.60. The zero-order valence-corrected chi connectivity index (χ0v) is 15.8. The van der Waals surface area contributed by atoms with E-state index in [4.69, 9.17) is 10.2 Å². The van der Waals surface area contributed by atoms with Gasteiger partial charge in [0.25, 0.3) is 0 Å². The zero-order chi connectivity index (χ0) is 23.7. The summed E-state index contributed by atoms with van der Waals surface area (Å²) in [6.45, 7) is 0. The molecule has 0 unspecified atom stereocenters. The van der Waals surface area contributed by atoms with Crippen LogP contribution in [-0.4, -0.2) is 44.3 Å². The minimum Gasteiger partial charge on any atom is -0.478 e. The lowest BCUT2D eigenvalue weighted by Crippen LogP contribution is -2.06. The highest BCUT2D eigenvalue weighted by Crippen LogP contribution is 2.35. The number of hydrogen-bond donors (Lipinski definition) is 4. The van der Waals surface area contributed by atoms with Crippen LogP contribution in [0.1, 0.15) is 41.4 Å². The van der Waals surface area contributed by atoms with E-state index < -0.39 is 68.9 Å². The van der Waals surface area contributed by atoms with Crippen LogP contribution >= 0.6 is 0 Å². The molecule has 162 valence electrons. The Labute approximate surface area is 177 Å². The van der Waals surface area contributed by atoms with Crippen molar-refractivity contribution in [1.29, 1.82) is 0 Å². The fourth-order valence-corrected chi connectivity index (χ4v) is 3.13. The minimum absolute atomic E-state index is 0.365. The number of carbonyl (C=O) groups is 4. The first-order chi connectivity index (χ1) is 15.0. The molecule has 0 saturated heterocycles. The van der Waals surface area contributed by atoms with Gasteiger partial charge >= 0.3 is 23.9 Å². The van der Waals surface area contributed by atoms with E-state index in [1.165, 1.54) is 0 Å². The monoisotopic (exact) mass is 442 g/mol. The lowest BCUT2D eigenvalue weighted by Gasteiger charge is -2.13. The van der Waals surface area contributed by atoms with Crippen molar-refractivity contribution < 1.29 is 48.4 Å². The Morgan fingerprint density at radius 1 is 0.500 bits per heavy atom. The number of aromatic carboxylic acids is 4. The molecule has 0 aliphatic rings. The molecule has 0 radical (unpaired) electrons. The Kier molecular flexibility index (Phi) is 5.71. The fourth-order valence-electron chi connectivity index (χ4n) is 3.13. The third kappa shape index (κ3) is 4.01. The summed E-state index contributed by atoms with van der Waals surface area (Å²) in [5.74, 6) is -8.21. The Morgan fingerprint density at radius 2 is 0.844 bits per heavy atom. The fraction of sp³-hybridized carbons (Fsp3) is 0. The van der Waals surface area contributed by atoms with Crippen LogP contribution in [0.4, 0.5) is 8.78 Å². The summed E-state index contributed by atoms with van der Waals surface area (Å²) in [4.78, 5) is 45.4. The Morgan fingerprint density at radius 3 is 1.12 bits per heavy atom. The highest BCUT2D eigenvalue weighted by molar-refractivity contribution is 6.01. The molecule has 0 fully saturated rings. The highest BCUT2D eigenvalue weighted by Gasteiger charge is 2.23. The molecule has 0 aliphatic heterocycles. The van der Waals surface area contributed by atoms with Gasteiger partial charge in [-0.15, -0.1) is 0 Å². The maximum Gasteiger partial charge on any atom is 0.336 e. The predicted molar refractivity (Wildman–Crippen MR) is 105 cm³/mol. The Balaban J connectivity index is 2.28. The van der Waals surface area contributed by atoms with Crippen LogP contribution in [-0.2, 0) is 0 Å². The van der Waals surface area contributed by atoms with E-state index in [2.05, 4.69) is 0 Å². The van der Waals surface area contributed by atoms with Crippen molar-refractivity contribution >= 4 is 23.9 Å². The van der Waals surface area contributed by atoms with Gasteiger partial charge in [0.05, 0.1) is 22.3 Å². The summed E-state index contributed by atoms with van der Waals surface area (Å²) >= 11 is 0. The van der Waals surface area contributed by atoms with Gasteiger partial charge in [0.15, 0.2) is 0 Å². The maximum atomic E-state index is 15.0. The number of rotatable bonds is 6. The van der Waals surface area contributed by atoms with E-state index in [-0.39, 0.29) is 11.1 Å². The molecular weight excluding hydrogens is 430 g/mol. The van der Waals surface area contributed by atoms with Crippen molar-refractivity contribution in [1.82, 2.24) is 0 Å². The van der Waals surface area contributed by atoms with Gasteiger partial charge in [-0.05, 0) is 48.5 Å². The molecule has 8 nitrogen and oxygen atoms in total. The summed E-state index contributed by atoms with van der Waals surface area (Å²) in [7, 11) is 0. The van der Waals surface area contributed by atoms with Crippen molar-refractivity contribution in [2.75, 3.05) is 0 Å². The summed E-state index contributed by atoms with van der Waals surface area (Å²) in [5.41, 5.74) is -3.65. The van der Waals surface area contributed by atoms with E-state index in [1.54, 1.807) is 0 Å². The maximum absolute atomic E-state index is 15.0. The van der Waals surface area contributed by atoms with Crippen LogP contribution in [0.15, 0.2) is 48.5 Å². The summed E-state index contributed by atoms with van der Waals surface area (Å²) in [6, 6.07) is 6.79. The molecule has 0 atom stereocenters. The molecule has 3 aromatic rings. The van der Waals surface area contributed by atoms with Crippen molar-refractivity contribution in [2.24, 2.45) is 0 Å². The highest BCUT2D eigenvalue weighted by atomic mass is 19.1. The summed E-state index contributed by atoms with van der Waals surface area (Å²) in [5, 5.41) is 37.0. The average Bonchev–Trinajstić information content (AvgIpc) is 2.73. The summed E-state index contributed by atoms with van der Waals surface area (Å²) < 4.78 is 30.0. The zero-order valence-electron chi connectivity index (χ0n) is 15.8. The number of carboxylic acid groups (broad SMARTS) is 4. The normalized spacial score (nSPS) is 10.6. The molecule has 4 N–H and O–H groups in total. The topological polar surface area (TPSA) is 149 Å². The van der Waals surface area contributed by atoms with E-state index in [9.17, 15) is 38.2 Å². The van der Waals surface area contributed by atoms with E-state index in [0.29, 0.717) is 12.1 Å². The lowest BCUT2D eigenvalue weighted by molar-refractivity contribution is 0.0682. The second-order valence-corrected chi connectivity index (χ2v) is 6.55. The molecule has 3 rings (SSSR count). The van der Waals surface area contributed by atoms with Gasteiger partial charge in [0, 0.05) is 22.3 Å². The second-order valence-electron chi connectivity index (χ2n) is 6.55. The van der Waals surface area contributed by atoms with Gasteiger partial charge in [0.1, 0.15) is 11.6 Å². The van der Waals surface area contributed by atoms with Crippen molar-refractivity contribution in [3.8, 4) is 22.3 Å². The number of benzene rings is 3. The first-order valence-corrected chi connectivity index (χ1v) is 8.72. The van der Waals surface area contributed by atoms with Gasteiger partial charge in [-0.3, -0.25) is 0 Å². The largest absolute Gasteiger partial charge is 0.478 e. The third-order valence-corrected chi connectivity index (χ3v) is 4.63. The molecule has 0 aliphatic carbocycles. The lowest BCUT2D eigenvalue weighted by atomic mass is 9.92. The van der Waals surface area contributed by atoms with Crippen molar-refractivity contribution in [2.45, 2.75) is 0 Å². The van der Waals surface area contributed by atoms with E-state index in [1.807, 2.05) is 0 Å². The molecule has 0 saturated carbocycles. The molecule has 32 heavy (non-hydrogen) atoms. The van der Waals surface area contributed by atoms with Crippen LogP contribution in [0.2, 0.25) is 0 Å². The van der Waals surface area contributed by atoms with Gasteiger partial charge in [-0.1, -0.05) is 0 Å². The molecule has 0 spiro atoms. The van der Waals surface area contributed by atoms with E-state index in [0.717, 1.165) is 36.4 Å². The first-order valence-electron chi connectivity index (χ1n) is 8.72. The first kappa shape index (κ1) is 22.1. The third-order valence-electron chi connectivity index (χ3n) is 4.63. The molecule has 0 bridgehead atoms. The molecule has 10 heteroatoms. The summed E-state index contributed by atoms with van der Waals surface area (Å²) in [6.07, 6.45) is 0. The van der Waals surface area contributed by atoms with E-state index >= 15 is 0 Å². The molecular formula is C22H12F2O8. The number of halogens is 2. The number of hydrogen-bond acceptors (Lipinski definition) is 4. The van der Waals surface area contributed by atoms with Gasteiger partial charge in [-0.25, -0.2) is 28.0 Å². The Bertz CT molecular complexity index is 1210. The minimum atomic E-state index is -1.51. The van der Waals surface area contributed by atoms with Crippen LogP contribution in [0.25, 0.3) is 22.3 Å². The quantitative estimate of drug-likeness (QED) is 0.446. The van der Waals surface area contributed by atoms with Crippen LogP contribution in [0, 0.1) is 11.6 Å². The van der Waals surface area contributed by atoms with Gasteiger partial charge < -0.3 is 20.4 Å². The average molecular weight is 442 g/mol. The molecule has 0 amide bonds. The molecule has 3 aromatic carbocycles. The van der Waals surface area contributed by atoms with Gasteiger partial charge in [0.2, 0.25) is 0 Å². The van der Waals surface area contributed by atoms with Crippen LogP contribution in [0.3, 0.4) is 0 Å². The predicted octanol–water partition coefficient (Wildman–Crippen LogP) is 4.09. The van der Waals surface area contributed by atoms with Gasteiger partial charge in [-0.2, -0.15) is 0 Å². The number of carboxylic acids is 4. The van der Waals surface area contributed by atoms with Crippen molar-refractivity contribution in [3.63, 3.8) is 0 Å². The second kappa shape index (κ2) is 8.26. The van der Waals surface area contributed by atoms with Crippen molar-refractivity contribution in [3.05, 3.63) is 82.4 Å². The SMILES string of the molecule is O=C(O)c1ccc(C(=O)O)c(-c2cc(F)c(-c3cc(C(=O)O)ccc3C(=O)O)cc2F)c1. The standard InChI is InChI=1S/C22H12F2O8/c23-17-8-16(14-6-10(20(27)28)2-4-12(14)22(31)32)18(24)7-15(17)13-5-9(19(25)26)1-3-11(13)21(29)30/h1-8H,(H,25,26)(H,27,28)(H,29,30)(H,31,32). The van der Waals surface area contributed by atoms with Crippen LogP contribution < -0.4 is 0 Å². The molecule has 0 aromatic heterocycles. The van der Waals surface area contributed by atoms with Crippen LogP contribution in [0.5, 0.6) is 0 Å². The smallest absolute Gasteiger partial charge is 0.336 e. The molecule has 0 heterocycles.